The predicted octanol–water partition coefficient (Wildman–Crippen LogP) is 2.89. The first kappa shape index (κ1) is 17.2. The minimum atomic E-state index is -0.454. The van der Waals surface area contributed by atoms with E-state index in [4.69, 9.17) is 10.7 Å². The third kappa shape index (κ3) is 3.53. The van der Waals surface area contributed by atoms with Crippen LogP contribution in [-0.2, 0) is 11.2 Å². The first-order valence-corrected chi connectivity index (χ1v) is 9.13. The Balaban J connectivity index is 1.55. The number of aromatic nitrogens is 1. The van der Waals surface area contributed by atoms with Crippen LogP contribution in [0.3, 0.4) is 0 Å². The van der Waals surface area contributed by atoms with Crippen LogP contribution in [0.5, 0.6) is 0 Å². The number of fused-ring (bicyclic) bond motifs is 1. The molecule has 1 aromatic heterocycles. The van der Waals surface area contributed by atoms with E-state index in [1.54, 1.807) is 6.07 Å². The molecule has 1 unspecified atom stereocenters. The quantitative estimate of drug-likeness (QED) is 0.778. The minimum Gasteiger partial charge on any atom is -0.366 e. The summed E-state index contributed by atoms with van der Waals surface area (Å²) in [6.07, 6.45) is 1.25. The largest absolute Gasteiger partial charge is 0.366 e. The molecule has 1 atom stereocenters. The van der Waals surface area contributed by atoms with Gasteiger partial charge in [-0.25, -0.2) is 0 Å². The number of nitrogens with zero attached hydrogens (tertiary/aromatic N) is 2. The Hall–Kier alpha value is -3.21. The number of para-hydroxylation sites is 1. The molecule has 0 spiro atoms. The van der Waals surface area contributed by atoms with Crippen LogP contribution in [0.2, 0.25) is 0 Å². The number of carbonyl (C=O) groups is 2. The van der Waals surface area contributed by atoms with Crippen LogP contribution in [0.15, 0.2) is 60.7 Å². The average molecular weight is 359 g/mol. The Morgan fingerprint density at radius 1 is 1.07 bits per heavy atom. The smallest absolute Gasteiger partial charge is 0.249 e. The van der Waals surface area contributed by atoms with Crippen molar-refractivity contribution >= 4 is 22.7 Å². The lowest BCUT2D eigenvalue weighted by molar-refractivity contribution is -0.129. The highest BCUT2D eigenvalue weighted by Crippen LogP contribution is 2.29. The van der Waals surface area contributed by atoms with Gasteiger partial charge in [-0.2, -0.15) is 0 Å². The summed E-state index contributed by atoms with van der Waals surface area (Å²) in [4.78, 5) is 31.1. The zero-order valence-corrected chi connectivity index (χ0v) is 15.0. The van der Waals surface area contributed by atoms with Gasteiger partial charge in [0.1, 0.15) is 0 Å². The number of nitrogens with two attached hydrogens (primary N) is 1. The van der Waals surface area contributed by atoms with E-state index in [0.29, 0.717) is 25.1 Å². The molecule has 0 aliphatic carbocycles. The van der Waals surface area contributed by atoms with E-state index >= 15 is 0 Å². The molecular formula is C22H21N3O2. The number of pyridine rings is 1. The first-order chi connectivity index (χ1) is 13.1. The van der Waals surface area contributed by atoms with Crippen molar-refractivity contribution in [1.29, 1.82) is 0 Å². The van der Waals surface area contributed by atoms with Crippen LogP contribution in [0, 0.1) is 0 Å². The summed E-state index contributed by atoms with van der Waals surface area (Å²) in [6.45, 7) is 1.33. The topological polar surface area (TPSA) is 76.3 Å². The number of benzene rings is 2. The molecule has 2 heterocycles. The molecule has 5 heteroatoms. The van der Waals surface area contributed by atoms with Gasteiger partial charge in [-0.15, -0.1) is 0 Å². The Morgan fingerprint density at radius 2 is 1.81 bits per heavy atom. The first-order valence-electron chi connectivity index (χ1n) is 9.13. The SMILES string of the molecule is NC(=O)c1cc(C2CCN(C(=O)Cc3ccccc3)C2)nc2ccccc12. The summed E-state index contributed by atoms with van der Waals surface area (Å²) in [5.41, 5.74) is 8.68. The van der Waals surface area contributed by atoms with Gasteiger partial charge in [0.05, 0.1) is 17.5 Å². The molecule has 136 valence electrons. The number of rotatable bonds is 4. The molecule has 0 saturated carbocycles. The van der Waals surface area contributed by atoms with Gasteiger partial charge in [-0.05, 0) is 24.1 Å². The van der Waals surface area contributed by atoms with E-state index in [-0.39, 0.29) is 11.8 Å². The van der Waals surface area contributed by atoms with Crippen molar-refractivity contribution in [2.24, 2.45) is 5.73 Å². The molecule has 4 rings (SSSR count). The average Bonchev–Trinajstić information content (AvgIpc) is 3.18. The van der Waals surface area contributed by atoms with Gasteiger partial charge in [0.15, 0.2) is 0 Å². The van der Waals surface area contributed by atoms with Crippen molar-refractivity contribution in [2.45, 2.75) is 18.8 Å². The maximum atomic E-state index is 12.6. The van der Waals surface area contributed by atoms with Gasteiger partial charge >= 0.3 is 0 Å². The number of hydrogen-bond donors (Lipinski definition) is 1. The van der Waals surface area contributed by atoms with Crippen molar-refractivity contribution in [2.75, 3.05) is 13.1 Å². The molecule has 3 aromatic rings. The molecule has 0 bridgehead atoms. The molecule has 1 aliphatic rings. The molecule has 27 heavy (non-hydrogen) atoms. The van der Waals surface area contributed by atoms with E-state index in [1.165, 1.54) is 0 Å². The predicted molar refractivity (Wildman–Crippen MR) is 104 cm³/mol. The summed E-state index contributed by atoms with van der Waals surface area (Å²) in [7, 11) is 0. The molecule has 1 saturated heterocycles. The van der Waals surface area contributed by atoms with E-state index in [1.807, 2.05) is 59.5 Å². The zero-order chi connectivity index (χ0) is 18.8. The second-order valence-electron chi connectivity index (χ2n) is 6.96. The lowest BCUT2D eigenvalue weighted by Gasteiger charge is -2.17. The summed E-state index contributed by atoms with van der Waals surface area (Å²) >= 11 is 0. The molecule has 0 radical (unpaired) electrons. The fourth-order valence-corrected chi connectivity index (χ4v) is 3.72. The number of primary amides is 1. The molecule has 1 fully saturated rings. The van der Waals surface area contributed by atoms with Gasteiger partial charge in [-0.1, -0.05) is 48.5 Å². The molecule has 2 amide bonds. The number of carbonyl (C=O) groups excluding carboxylic acids is 2. The molecule has 2 N–H and O–H groups in total. The highest BCUT2D eigenvalue weighted by Gasteiger charge is 2.29. The standard InChI is InChI=1S/C22H21N3O2/c23-22(27)18-13-20(24-19-9-5-4-8-17(18)19)16-10-11-25(14-16)21(26)12-15-6-2-1-3-7-15/h1-9,13,16H,10-12,14H2,(H2,23,27). The second kappa shape index (κ2) is 7.19. The van der Waals surface area contributed by atoms with E-state index in [2.05, 4.69) is 0 Å². The zero-order valence-electron chi connectivity index (χ0n) is 15.0. The highest BCUT2D eigenvalue weighted by molar-refractivity contribution is 6.05. The second-order valence-corrected chi connectivity index (χ2v) is 6.96. The van der Waals surface area contributed by atoms with E-state index in [9.17, 15) is 9.59 Å². The summed E-state index contributed by atoms with van der Waals surface area (Å²) in [5, 5.41) is 0.767. The molecule has 2 aromatic carbocycles. The van der Waals surface area contributed by atoms with Gasteiger partial charge in [0.2, 0.25) is 11.8 Å². The minimum absolute atomic E-state index is 0.118. The number of amides is 2. The van der Waals surface area contributed by atoms with Crippen molar-refractivity contribution in [3.8, 4) is 0 Å². The van der Waals surface area contributed by atoms with Gasteiger partial charge in [0, 0.05) is 30.1 Å². The van der Waals surface area contributed by atoms with Crippen molar-refractivity contribution in [3.63, 3.8) is 0 Å². The van der Waals surface area contributed by atoms with E-state index < -0.39 is 5.91 Å². The van der Waals surface area contributed by atoms with Crippen molar-refractivity contribution in [3.05, 3.63) is 77.5 Å². The van der Waals surface area contributed by atoms with E-state index in [0.717, 1.165) is 28.6 Å². The highest BCUT2D eigenvalue weighted by atomic mass is 16.2. The van der Waals surface area contributed by atoms with Crippen molar-refractivity contribution in [1.82, 2.24) is 9.88 Å². The monoisotopic (exact) mass is 359 g/mol. The third-order valence-corrected chi connectivity index (χ3v) is 5.16. The van der Waals surface area contributed by atoms with Crippen LogP contribution in [0.25, 0.3) is 10.9 Å². The van der Waals surface area contributed by atoms with Crippen LogP contribution in [-0.4, -0.2) is 34.8 Å². The van der Waals surface area contributed by atoms with Crippen LogP contribution < -0.4 is 5.73 Å². The Labute approximate surface area is 157 Å². The number of likely N-dealkylation sites (tertiary alicyclic amines) is 1. The van der Waals surface area contributed by atoms with Gasteiger partial charge < -0.3 is 10.6 Å². The summed E-state index contributed by atoms with van der Waals surface area (Å²) in [6, 6.07) is 19.1. The maximum absolute atomic E-state index is 12.6. The summed E-state index contributed by atoms with van der Waals surface area (Å²) in [5.74, 6) is -0.211. The number of hydrogen-bond acceptors (Lipinski definition) is 3. The fourth-order valence-electron chi connectivity index (χ4n) is 3.72. The molecule has 5 nitrogen and oxygen atoms in total. The molecular weight excluding hydrogens is 338 g/mol. The van der Waals surface area contributed by atoms with Gasteiger partial charge in [0.25, 0.3) is 0 Å². The lowest BCUT2D eigenvalue weighted by atomic mass is 9.99. The lowest BCUT2D eigenvalue weighted by Crippen LogP contribution is -2.30. The summed E-state index contributed by atoms with van der Waals surface area (Å²) < 4.78 is 0. The Morgan fingerprint density at radius 3 is 2.59 bits per heavy atom. The fraction of sp³-hybridized carbons (Fsp3) is 0.227. The van der Waals surface area contributed by atoms with Crippen LogP contribution in [0.1, 0.15) is 34.0 Å². The van der Waals surface area contributed by atoms with Crippen LogP contribution in [0.4, 0.5) is 0 Å². The van der Waals surface area contributed by atoms with Gasteiger partial charge in [-0.3, -0.25) is 14.6 Å². The van der Waals surface area contributed by atoms with Crippen LogP contribution >= 0.6 is 0 Å². The Bertz CT molecular complexity index is 1000. The van der Waals surface area contributed by atoms with Crippen molar-refractivity contribution < 1.29 is 9.59 Å². The molecule has 1 aliphatic heterocycles. The normalized spacial score (nSPS) is 16.6. The third-order valence-electron chi connectivity index (χ3n) is 5.16. The maximum Gasteiger partial charge on any atom is 0.249 e. The Kier molecular flexibility index (Phi) is 4.59.